The highest BCUT2D eigenvalue weighted by Crippen LogP contribution is 2.51. The van der Waals surface area contributed by atoms with Gasteiger partial charge in [0.25, 0.3) is 0 Å². The quantitative estimate of drug-likeness (QED) is 0.162. The first-order valence-electron chi connectivity index (χ1n) is 11.4. The van der Waals surface area contributed by atoms with Crippen molar-refractivity contribution in [1.82, 2.24) is 0 Å². The monoisotopic (exact) mass is 434 g/mol. The van der Waals surface area contributed by atoms with Gasteiger partial charge in [0.05, 0.1) is 10.8 Å². The van der Waals surface area contributed by atoms with Crippen LogP contribution in [0, 0.1) is 10.8 Å². The average Bonchev–Trinajstić information content (AvgIpc) is 3.63. The van der Waals surface area contributed by atoms with Crippen LogP contribution >= 0.6 is 0 Å². The molecule has 0 bridgehead atoms. The first-order valence-corrected chi connectivity index (χ1v) is 11.4. The van der Waals surface area contributed by atoms with Crippen LogP contribution in [0.3, 0.4) is 0 Å². The number of phenols is 3. The third kappa shape index (κ3) is 5.43. The fourth-order valence-electron chi connectivity index (χ4n) is 4.53. The van der Waals surface area contributed by atoms with E-state index in [1.165, 1.54) is 6.07 Å². The number of carboxylic acids is 2. The van der Waals surface area contributed by atoms with Gasteiger partial charge >= 0.3 is 11.9 Å². The van der Waals surface area contributed by atoms with E-state index in [1.807, 2.05) is 0 Å². The number of hydrogen-bond donors (Lipinski definition) is 5. The Morgan fingerprint density at radius 2 is 1.19 bits per heavy atom. The van der Waals surface area contributed by atoms with Crippen LogP contribution in [0.4, 0.5) is 0 Å². The Bertz CT molecular complexity index is 822. The lowest BCUT2D eigenvalue weighted by Crippen LogP contribution is -2.14. The van der Waals surface area contributed by atoms with Gasteiger partial charge in [-0.15, -0.1) is 0 Å². The number of phenolic OH excluding ortho intramolecular Hbond substituents is 3. The first-order chi connectivity index (χ1) is 14.7. The fraction of sp³-hybridized carbons (Fsp3) is 0.667. The van der Waals surface area contributed by atoms with Crippen molar-refractivity contribution in [2.45, 2.75) is 89.9 Å². The number of carbonyl (C=O) groups is 2. The lowest BCUT2D eigenvalue weighted by atomic mass is 9.94. The van der Waals surface area contributed by atoms with Crippen LogP contribution in [0.1, 0.15) is 88.2 Å². The maximum Gasteiger partial charge on any atom is 0.309 e. The lowest BCUT2D eigenvalue weighted by Gasteiger charge is -2.14. The summed E-state index contributed by atoms with van der Waals surface area (Å²) in [7, 11) is 0. The average molecular weight is 435 g/mol. The SMILES string of the molecule is O=C(O)C1(CCCCCCc2cc(O)c(O)c(CCCCC3(C(=O)O)CC3)c2O)CC1. The molecule has 7 heteroatoms. The van der Waals surface area contributed by atoms with E-state index in [4.69, 9.17) is 0 Å². The molecule has 0 atom stereocenters. The molecule has 31 heavy (non-hydrogen) atoms. The number of unbranched alkanes of at least 4 members (excludes halogenated alkanes) is 4. The van der Waals surface area contributed by atoms with Crippen molar-refractivity contribution in [3.8, 4) is 17.2 Å². The van der Waals surface area contributed by atoms with Gasteiger partial charge in [0.1, 0.15) is 5.75 Å². The van der Waals surface area contributed by atoms with Crippen LogP contribution in [0.25, 0.3) is 0 Å². The van der Waals surface area contributed by atoms with Crippen molar-refractivity contribution >= 4 is 11.9 Å². The maximum absolute atomic E-state index is 11.3. The van der Waals surface area contributed by atoms with Gasteiger partial charge in [-0.1, -0.05) is 25.7 Å². The Morgan fingerprint density at radius 3 is 1.71 bits per heavy atom. The molecule has 2 saturated carbocycles. The van der Waals surface area contributed by atoms with Crippen LogP contribution < -0.4 is 0 Å². The largest absolute Gasteiger partial charge is 0.507 e. The van der Waals surface area contributed by atoms with Crippen LogP contribution in [0.5, 0.6) is 17.2 Å². The van der Waals surface area contributed by atoms with E-state index < -0.39 is 22.8 Å². The maximum atomic E-state index is 11.3. The molecule has 0 aromatic heterocycles. The Labute approximate surface area is 182 Å². The second kappa shape index (κ2) is 9.37. The van der Waals surface area contributed by atoms with Crippen molar-refractivity contribution in [1.29, 1.82) is 0 Å². The minimum Gasteiger partial charge on any atom is -0.507 e. The van der Waals surface area contributed by atoms with E-state index in [2.05, 4.69) is 0 Å². The summed E-state index contributed by atoms with van der Waals surface area (Å²) in [5, 5.41) is 49.3. The number of aromatic hydroxyl groups is 3. The third-order valence-electron chi connectivity index (χ3n) is 7.23. The molecule has 0 amide bonds. The molecule has 2 fully saturated rings. The zero-order valence-electron chi connectivity index (χ0n) is 18.0. The van der Waals surface area contributed by atoms with Crippen molar-refractivity contribution in [2.75, 3.05) is 0 Å². The molecule has 2 aliphatic carbocycles. The molecule has 1 aromatic carbocycles. The number of benzene rings is 1. The zero-order valence-corrected chi connectivity index (χ0v) is 18.0. The van der Waals surface area contributed by atoms with Crippen molar-refractivity contribution in [2.24, 2.45) is 10.8 Å². The Balaban J connectivity index is 1.44. The van der Waals surface area contributed by atoms with Gasteiger partial charge in [-0.05, 0) is 75.8 Å². The third-order valence-corrected chi connectivity index (χ3v) is 7.23. The second-order valence-electron chi connectivity index (χ2n) is 9.52. The fourth-order valence-corrected chi connectivity index (χ4v) is 4.53. The molecule has 0 aliphatic heterocycles. The molecule has 0 heterocycles. The Morgan fingerprint density at radius 1 is 0.710 bits per heavy atom. The van der Waals surface area contributed by atoms with Gasteiger partial charge in [-0.2, -0.15) is 0 Å². The van der Waals surface area contributed by atoms with Crippen molar-refractivity contribution in [3.63, 3.8) is 0 Å². The van der Waals surface area contributed by atoms with Gasteiger partial charge in [0.2, 0.25) is 0 Å². The number of hydrogen-bond acceptors (Lipinski definition) is 5. The Hall–Kier alpha value is -2.44. The summed E-state index contributed by atoms with van der Waals surface area (Å²) in [6.07, 6.45) is 10.1. The van der Waals surface area contributed by atoms with Crippen LogP contribution in [-0.2, 0) is 22.4 Å². The van der Waals surface area contributed by atoms with E-state index in [-0.39, 0.29) is 17.2 Å². The smallest absolute Gasteiger partial charge is 0.309 e. The number of aliphatic carboxylic acids is 2. The highest BCUT2D eigenvalue weighted by atomic mass is 16.4. The minimum absolute atomic E-state index is 0.0116. The van der Waals surface area contributed by atoms with Gasteiger partial charge in [0, 0.05) is 5.56 Å². The molecule has 2 aliphatic rings. The van der Waals surface area contributed by atoms with Crippen molar-refractivity contribution < 1.29 is 35.1 Å². The molecule has 3 rings (SSSR count). The summed E-state index contributed by atoms with van der Waals surface area (Å²) >= 11 is 0. The first kappa shape index (κ1) is 23.2. The second-order valence-corrected chi connectivity index (χ2v) is 9.52. The van der Waals surface area contributed by atoms with Crippen molar-refractivity contribution in [3.05, 3.63) is 17.2 Å². The number of rotatable bonds is 14. The van der Waals surface area contributed by atoms with Crippen LogP contribution in [0.15, 0.2) is 6.07 Å². The molecular weight excluding hydrogens is 400 g/mol. The summed E-state index contributed by atoms with van der Waals surface area (Å²) in [6, 6.07) is 1.40. The van der Waals surface area contributed by atoms with Crippen LogP contribution in [0.2, 0.25) is 0 Å². The molecule has 1 aromatic rings. The molecule has 0 unspecified atom stereocenters. The predicted octanol–water partition coefficient (Wildman–Crippen LogP) is 4.74. The normalized spacial score (nSPS) is 17.9. The van der Waals surface area contributed by atoms with Crippen LogP contribution in [-0.4, -0.2) is 37.5 Å². The van der Waals surface area contributed by atoms with Gasteiger partial charge in [-0.25, -0.2) is 0 Å². The molecule has 5 N–H and O–H groups in total. The predicted molar refractivity (Wildman–Crippen MR) is 114 cm³/mol. The lowest BCUT2D eigenvalue weighted by molar-refractivity contribution is -0.144. The van der Waals surface area contributed by atoms with Gasteiger partial charge in [0.15, 0.2) is 11.5 Å². The number of carboxylic acid groups (broad SMARTS) is 2. The molecule has 172 valence electrons. The van der Waals surface area contributed by atoms with Gasteiger partial charge < -0.3 is 25.5 Å². The molecule has 7 nitrogen and oxygen atoms in total. The summed E-state index contributed by atoms with van der Waals surface area (Å²) in [5.74, 6) is -1.96. The summed E-state index contributed by atoms with van der Waals surface area (Å²) in [4.78, 5) is 22.4. The molecular formula is C24H34O7. The van der Waals surface area contributed by atoms with Gasteiger partial charge in [-0.3, -0.25) is 9.59 Å². The summed E-state index contributed by atoms with van der Waals surface area (Å²) < 4.78 is 0. The van der Waals surface area contributed by atoms with E-state index in [1.54, 1.807) is 0 Å². The van der Waals surface area contributed by atoms with E-state index >= 15 is 0 Å². The topological polar surface area (TPSA) is 135 Å². The number of aryl methyl sites for hydroxylation is 1. The summed E-state index contributed by atoms with van der Waals surface area (Å²) in [6.45, 7) is 0. The molecule has 0 radical (unpaired) electrons. The standard InChI is InChI=1S/C24H34O7/c25-18-15-16(7-3-1-2-5-9-23(11-12-23)21(28)29)19(26)17(20(18)27)8-4-6-10-24(13-14-24)22(30)31/h15,25-27H,1-14H2,(H,28,29)(H,30,31). The highest BCUT2D eigenvalue weighted by molar-refractivity contribution is 5.78. The highest BCUT2D eigenvalue weighted by Gasteiger charge is 2.49. The molecule has 0 saturated heterocycles. The van der Waals surface area contributed by atoms with E-state index in [9.17, 15) is 35.1 Å². The summed E-state index contributed by atoms with van der Waals surface area (Å²) in [5.41, 5.74) is -0.122. The van der Waals surface area contributed by atoms with E-state index in [0.717, 1.165) is 44.9 Å². The minimum atomic E-state index is -0.743. The molecule has 0 spiro atoms. The Kier molecular flexibility index (Phi) is 7.02. The van der Waals surface area contributed by atoms with E-state index in [0.29, 0.717) is 56.1 Å². The zero-order chi connectivity index (χ0) is 22.6.